The first kappa shape index (κ1) is 12.2. The Morgan fingerprint density at radius 1 is 1.12 bits per heavy atom. The third kappa shape index (κ3) is 2.55. The summed E-state index contributed by atoms with van der Waals surface area (Å²) in [7, 11) is 0. The van der Waals surface area contributed by atoms with Gasteiger partial charge in [0, 0.05) is 16.5 Å². The number of hydrogen-bond acceptors (Lipinski definition) is 2. The van der Waals surface area contributed by atoms with Gasteiger partial charge in [0.05, 0.1) is 11.4 Å². The van der Waals surface area contributed by atoms with Gasteiger partial charge < -0.3 is 0 Å². The highest BCUT2D eigenvalue weighted by molar-refractivity contribution is 7.98. The zero-order valence-corrected chi connectivity index (χ0v) is 11.6. The second kappa shape index (κ2) is 4.57. The van der Waals surface area contributed by atoms with Crippen molar-refractivity contribution in [1.29, 1.82) is 0 Å². The predicted molar refractivity (Wildman–Crippen MR) is 74.0 cm³/mol. The predicted octanol–water partition coefficient (Wildman–Crippen LogP) is 3.89. The van der Waals surface area contributed by atoms with E-state index in [9.17, 15) is 0 Å². The zero-order chi connectivity index (χ0) is 12.5. The molecule has 0 amide bonds. The van der Waals surface area contributed by atoms with Crippen LogP contribution in [0.25, 0.3) is 5.69 Å². The van der Waals surface area contributed by atoms with E-state index in [0.717, 1.165) is 11.4 Å². The van der Waals surface area contributed by atoms with Crippen LogP contribution in [0.2, 0.25) is 0 Å². The van der Waals surface area contributed by atoms with E-state index in [1.54, 1.807) is 11.8 Å². The van der Waals surface area contributed by atoms with Gasteiger partial charge in [-0.2, -0.15) is 5.10 Å². The first-order valence-corrected chi connectivity index (χ1v) is 6.94. The fourth-order valence-corrected chi connectivity index (χ4v) is 2.26. The largest absolute Gasteiger partial charge is 0.240 e. The third-order valence-electron chi connectivity index (χ3n) is 2.69. The summed E-state index contributed by atoms with van der Waals surface area (Å²) in [4.78, 5) is 1.25. The molecular weight excluding hydrogens is 228 g/mol. The normalized spacial score (nSPS) is 11.8. The summed E-state index contributed by atoms with van der Waals surface area (Å²) in [6.45, 7) is 6.54. The Hall–Kier alpha value is -1.22. The van der Waals surface area contributed by atoms with Crippen LogP contribution in [0.3, 0.4) is 0 Å². The van der Waals surface area contributed by atoms with Crippen LogP contribution in [-0.2, 0) is 5.41 Å². The fraction of sp³-hybridized carbons (Fsp3) is 0.357. The number of hydrogen-bond donors (Lipinski definition) is 0. The Balaban J connectivity index is 2.44. The molecule has 0 spiro atoms. The third-order valence-corrected chi connectivity index (χ3v) is 3.47. The van der Waals surface area contributed by atoms with E-state index in [-0.39, 0.29) is 5.41 Å². The molecule has 0 saturated heterocycles. The highest BCUT2D eigenvalue weighted by Gasteiger charge is 2.17. The van der Waals surface area contributed by atoms with Gasteiger partial charge in [-0.15, -0.1) is 11.8 Å². The van der Waals surface area contributed by atoms with Crippen molar-refractivity contribution in [2.75, 3.05) is 6.26 Å². The van der Waals surface area contributed by atoms with E-state index >= 15 is 0 Å². The maximum atomic E-state index is 4.66. The standard InChI is InChI=1S/C14H18N2S/c1-14(2,3)13-9-10-16(15-13)11-7-5-6-8-12(11)17-4/h5-10H,1-4H3. The summed E-state index contributed by atoms with van der Waals surface area (Å²) < 4.78 is 1.96. The van der Waals surface area contributed by atoms with Crippen molar-refractivity contribution in [2.45, 2.75) is 31.1 Å². The van der Waals surface area contributed by atoms with E-state index in [0.29, 0.717) is 0 Å². The summed E-state index contributed by atoms with van der Waals surface area (Å²) in [5.74, 6) is 0. The smallest absolute Gasteiger partial charge is 0.0781 e. The van der Waals surface area contributed by atoms with Crippen LogP contribution in [0.5, 0.6) is 0 Å². The van der Waals surface area contributed by atoms with Crippen molar-refractivity contribution in [2.24, 2.45) is 0 Å². The van der Waals surface area contributed by atoms with Gasteiger partial charge in [-0.1, -0.05) is 32.9 Å². The van der Waals surface area contributed by atoms with E-state index in [2.05, 4.69) is 56.4 Å². The topological polar surface area (TPSA) is 17.8 Å². The first-order chi connectivity index (χ1) is 8.02. The van der Waals surface area contributed by atoms with Gasteiger partial charge in [-0.3, -0.25) is 0 Å². The number of nitrogens with zero attached hydrogens (tertiary/aromatic N) is 2. The van der Waals surface area contributed by atoms with E-state index in [1.807, 2.05) is 16.9 Å². The number of rotatable bonds is 2. The second-order valence-electron chi connectivity index (χ2n) is 5.07. The molecule has 3 heteroatoms. The quantitative estimate of drug-likeness (QED) is 0.748. The van der Waals surface area contributed by atoms with Gasteiger partial charge >= 0.3 is 0 Å². The molecule has 0 aliphatic carbocycles. The van der Waals surface area contributed by atoms with Crippen LogP contribution in [0, 0.1) is 0 Å². The average Bonchev–Trinajstić information content (AvgIpc) is 2.77. The van der Waals surface area contributed by atoms with Gasteiger partial charge in [0.25, 0.3) is 0 Å². The van der Waals surface area contributed by atoms with Crippen LogP contribution in [0.1, 0.15) is 26.5 Å². The minimum atomic E-state index is 0.0968. The van der Waals surface area contributed by atoms with E-state index in [4.69, 9.17) is 0 Å². The molecule has 0 bridgehead atoms. The fourth-order valence-electron chi connectivity index (χ4n) is 1.68. The van der Waals surface area contributed by atoms with Crippen LogP contribution >= 0.6 is 11.8 Å². The van der Waals surface area contributed by atoms with Gasteiger partial charge in [0.1, 0.15) is 0 Å². The van der Waals surface area contributed by atoms with Crippen LogP contribution in [0.4, 0.5) is 0 Å². The summed E-state index contributed by atoms with van der Waals surface area (Å²) in [6.07, 6.45) is 4.13. The second-order valence-corrected chi connectivity index (χ2v) is 5.92. The molecule has 0 atom stereocenters. The van der Waals surface area contributed by atoms with Gasteiger partial charge in [-0.05, 0) is 24.5 Å². The lowest BCUT2D eigenvalue weighted by atomic mass is 9.93. The average molecular weight is 246 g/mol. The maximum Gasteiger partial charge on any atom is 0.0781 e. The molecule has 0 unspecified atom stereocenters. The lowest BCUT2D eigenvalue weighted by molar-refractivity contribution is 0.560. The Morgan fingerprint density at radius 2 is 1.82 bits per heavy atom. The highest BCUT2D eigenvalue weighted by Crippen LogP contribution is 2.25. The Morgan fingerprint density at radius 3 is 2.41 bits per heavy atom. The van der Waals surface area contributed by atoms with Gasteiger partial charge in [0.15, 0.2) is 0 Å². The Bertz CT molecular complexity index is 509. The molecule has 90 valence electrons. The molecule has 2 aromatic rings. The summed E-state index contributed by atoms with van der Waals surface area (Å²) in [5, 5.41) is 4.66. The van der Waals surface area contributed by atoms with Crippen molar-refractivity contribution >= 4 is 11.8 Å². The molecule has 0 aliphatic rings. The number of benzene rings is 1. The number of para-hydroxylation sites is 1. The van der Waals surface area contributed by atoms with Crippen molar-refractivity contribution in [3.05, 3.63) is 42.2 Å². The molecule has 2 nitrogen and oxygen atoms in total. The molecule has 1 aromatic heterocycles. The zero-order valence-electron chi connectivity index (χ0n) is 10.8. The molecule has 0 fully saturated rings. The molecule has 0 aliphatic heterocycles. The van der Waals surface area contributed by atoms with Crippen molar-refractivity contribution < 1.29 is 0 Å². The lowest BCUT2D eigenvalue weighted by Crippen LogP contribution is -2.12. The van der Waals surface area contributed by atoms with Crippen LogP contribution in [0.15, 0.2) is 41.4 Å². The van der Waals surface area contributed by atoms with Crippen molar-refractivity contribution in [3.63, 3.8) is 0 Å². The first-order valence-electron chi connectivity index (χ1n) is 5.72. The Kier molecular flexibility index (Phi) is 3.29. The monoisotopic (exact) mass is 246 g/mol. The minimum absolute atomic E-state index is 0.0968. The van der Waals surface area contributed by atoms with E-state index < -0.39 is 0 Å². The number of aromatic nitrogens is 2. The molecule has 1 aromatic carbocycles. The molecule has 17 heavy (non-hydrogen) atoms. The van der Waals surface area contributed by atoms with E-state index in [1.165, 1.54) is 4.90 Å². The molecule has 1 heterocycles. The number of thioether (sulfide) groups is 1. The summed E-state index contributed by atoms with van der Waals surface area (Å²) in [5.41, 5.74) is 2.36. The van der Waals surface area contributed by atoms with Crippen LogP contribution in [-0.4, -0.2) is 16.0 Å². The molecule has 0 saturated carbocycles. The lowest BCUT2D eigenvalue weighted by Gasteiger charge is -2.14. The summed E-state index contributed by atoms with van der Waals surface area (Å²) in [6, 6.07) is 10.4. The van der Waals surface area contributed by atoms with Crippen molar-refractivity contribution in [3.8, 4) is 5.69 Å². The molecule has 0 radical (unpaired) electrons. The van der Waals surface area contributed by atoms with Crippen LogP contribution < -0.4 is 0 Å². The SMILES string of the molecule is CSc1ccccc1-n1ccc(C(C)(C)C)n1. The van der Waals surface area contributed by atoms with Gasteiger partial charge in [-0.25, -0.2) is 4.68 Å². The summed E-state index contributed by atoms with van der Waals surface area (Å²) >= 11 is 1.75. The molecule has 0 N–H and O–H groups in total. The van der Waals surface area contributed by atoms with Gasteiger partial charge in [0.2, 0.25) is 0 Å². The highest BCUT2D eigenvalue weighted by atomic mass is 32.2. The minimum Gasteiger partial charge on any atom is -0.240 e. The maximum absolute atomic E-state index is 4.66. The molecule has 2 rings (SSSR count). The van der Waals surface area contributed by atoms with Crippen molar-refractivity contribution in [1.82, 2.24) is 9.78 Å². The Labute approximate surface area is 107 Å². The molecular formula is C14H18N2S.